The maximum atomic E-state index is 13.4. The summed E-state index contributed by atoms with van der Waals surface area (Å²) in [7, 11) is -2.19. The zero-order chi connectivity index (χ0) is 23.3. The monoisotopic (exact) mass is 450 g/mol. The summed E-state index contributed by atoms with van der Waals surface area (Å²) in [5.41, 5.74) is 0.670. The number of fused-ring (bicyclic) bond motifs is 1. The first kappa shape index (κ1) is 25.2. The number of amides is 1. The van der Waals surface area contributed by atoms with Crippen LogP contribution >= 0.6 is 0 Å². The highest BCUT2D eigenvalue weighted by Gasteiger charge is 2.38. The van der Waals surface area contributed by atoms with Gasteiger partial charge in [-0.25, -0.2) is 8.42 Å². The van der Waals surface area contributed by atoms with Crippen molar-refractivity contribution in [2.45, 2.75) is 58.1 Å². The normalized spacial score (nSPS) is 21.7. The number of hydrogen-bond donors (Lipinski definition) is 1. The number of aliphatic hydroxyl groups excluding tert-OH is 1. The van der Waals surface area contributed by atoms with E-state index < -0.39 is 22.2 Å². The molecule has 1 N–H and O–H groups in total. The standard InChI is InChI=1S/C23H34N2O5S/c1-16(2)8-7-9-20-10-11-23-21(12-20)30-22(14-24(6)19(5)27)17(3)13-25(18(4)15-26)31(23,28)29/h10-12,16-18,22,26H,8,13-15H2,1-6H3/t17-,18+,22-/m0/s1. The van der Waals surface area contributed by atoms with E-state index in [4.69, 9.17) is 4.74 Å². The van der Waals surface area contributed by atoms with Crippen molar-refractivity contribution in [3.63, 3.8) is 0 Å². The molecule has 7 nitrogen and oxygen atoms in total. The molecular weight excluding hydrogens is 416 g/mol. The number of nitrogens with zero attached hydrogens (tertiary/aromatic N) is 2. The van der Waals surface area contributed by atoms with Crippen LogP contribution in [-0.2, 0) is 14.8 Å². The predicted octanol–water partition coefficient (Wildman–Crippen LogP) is 2.33. The number of sulfonamides is 1. The molecule has 0 saturated heterocycles. The Balaban J connectivity index is 2.56. The van der Waals surface area contributed by atoms with E-state index in [1.807, 2.05) is 6.92 Å². The van der Waals surface area contributed by atoms with Crippen molar-refractivity contribution >= 4 is 15.9 Å². The quantitative estimate of drug-likeness (QED) is 0.696. The lowest BCUT2D eigenvalue weighted by Gasteiger charge is -2.37. The minimum atomic E-state index is -3.89. The van der Waals surface area contributed by atoms with Crippen LogP contribution in [0, 0.1) is 23.7 Å². The van der Waals surface area contributed by atoms with Gasteiger partial charge >= 0.3 is 0 Å². The molecule has 8 heteroatoms. The average Bonchev–Trinajstić information content (AvgIpc) is 2.69. The molecule has 0 saturated carbocycles. The van der Waals surface area contributed by atoms with Crippen LogP contribution in [0.4, 0.5) is 0 Å². The highest BCUT2D eigenvalue weighted by Crippen LogP contribution is 2.34. The lowest BCUT2D eigenvalue weighted by Crippen LogP contribution is -2.50. The molecule has 3 atom stereocenters. The molecule has 172 valence electrons. The highest BCUT2D eigenvalue weighted by molar-refractivity contribution is 7.89. The van der Waals surface area contributed by atoms with E-state index in [9.17, 15) is 18.3 Å². The van der Waals surface area contributed by atoms with E-state index in [2.05, 4.69) is 25.7 Å². The van der Waals surface area contributed by atoms with Crippen LogP contribution in [0.3, 0.4) is 0 Å². The molecule has 0 radical (unpaired) electrons. The highest BCUT2D eigenvalue weighted by atomic mass is 32.2. The maximum Gasteiger partial charge on any atom is 0.247 e. The van der Waals surface area contributed by atoms with E-state index in [-0.39, 0.29) is 35.6 Å². The van der Waals surface area contributed by atoms with Gasteiger partial charge in [0.25, 0.3) is 0 Å². The van der Waals surface area contributed by atoms with Crippen molar-refractivity contribution in [2.75, 3.05) is 26.7 Å². The number of ether oxygens (including phenoxy) is 1. The Bertz CT molecular complexity index is 948. The fourth-order valence-corrected chi connectivity index (χ4v) is 5.10. The molecule has 0 aromatic heterocycles. The van der Waals surface area contributed by atoms with Crippen LogP contribution < -0.4 is 4.74 Å². The molecule has 1 amide bonds. The zero-order valence-electron chi connectivity index (χ0n) is 19.3. The van der Waals surface area contributed by atoms with Crippen molar-refractivity contribution in [3.8, 4) is 17.6 Å². The van der Waals surface area contributed by atoms with Gasteiger partial charge in [0.2, 0.25) is 15.9 Å². The van der Waals surface area contributed by atoms with Crippen molar-refractivity contribution in [1.29, 1.82) is 0 Å². The SMILES string of the molecule is CC(=O)N(C)C[C@@H]1Oc2cc(C#CCC(C)C)ccc2S(=O)(=O)N([C@H](C)CO)C[C@@H]1C. The van der Waals surface area contributed by atoms with Crippen LogP contribution in [0.25, 0.3) is 0 Å². The largest absolute Gasteiger partial charge is 0.487 e. The van der Waals surface area contributed by atoms with Gasteiger partial charge in [-0.3, -0.25) is 4.79 Å². The molecule has 0 aliphatic carbocycles. The van der Waals surface area contributed by atoms with Crippen molar-refractivity contribution in [2.24, 2.45) is 11.8 Å². The van der Waals surface area contributed by atoms with E-state index >= 15 is 0 Å². The molecule has 1 aliphatic heterocycles. The van der Waals surface area contributed by atoms with Crippen LogP contribution in [0.2, 0.25) is 0 Å². The van der Waals surface area contributed by atoms with Gasteiger partial charge in [0.05, 0.1) is 13.2 Å². The molecule has 2 rings (SSSR count). The summed E-state index contributed by atoms with van der Waals surface area (Å²) < 4.78 is 34.3. The van der Waals surface area contributed by atoms with Crippen molar-refractivity contribution in [3.05, 3.63) is 23.8 Å². The summed E-state index contributed by atoms with van der Waals surface area (Å²) in [6.07, 6.45) is 0.316. The second kappa shape index (κ2) is 10.5. The Morgan fingerprint density at radius 2 is 2.03 bits per heavy atom. The Hall–Kier alpha value is -2.08. The number of carbonyl (C=O) groups is 1. The Labute approximate surface area is 186 Å². The Morgan fingerprint density at radius 1 is 1.35 bits per heavy atom. The lowest BCUT2D eigenvalue weighted by molar-refractivity contribution is -0.129. The topological polar surface area (TPSA) is 87.2 Å². The lowest BCUT2D eigenvalue weighted by atomic mass is 10.0. The molecule has 1 aliphatic rings. The van der Waals surface area contributed by atoms with Crippen LogP contribution in [0.5, 0.6) is 5.75 Å². The van der Waals surface area contributed by atoms with Gasteiger partial charge in [-0.05, 0) is 31.0 Å². The maximum absolute atomic E-state index is 13.4. The molecule has 1 aromatic rings. The molecule has 0 unspecified atom stereocenters. The molecule has 31 heavy (non-hydrogen) atoms. The first-order valence-electron chi connectivity index (χ1n) is 10.6. The molecule has 1 heterocycles. The smallest absolute Gasteiger partial charge is 0.247 e. The van der Waals surface area contributed by atoms with Crippen molar-refractivity contribution < 1.29 is 23.1 Å². The van der Waals surface area contributed by atoms with Crippen LogP contribution in [0.15, 0.2) is 23.1 Å². The summed E-state index contributed by atoms with van der Waals surface area (Å²) in [5.74, 6) is 6.54. The van der Waals surface area contributed by atoms with E-state index in [0.29, 0.717) is 18.0 Å². The average molecular weight is 451 g/mol. The molecule has 1 aromatic carbocycles. The van der Waals surface area contributed by atoms with Gasteiger partial charge in [-0.15, -0.1) is 0 Å². The summed E-state index contributed by atoms with van der Waals surface area (Å²) in [4.78, 5) is 13.4. The fraction of sp³-hybridized carbons (Fsp3) is 0.609. The van der Waals surface area contributed by atoms with Crippen LogP contribution in [-0.4, -0.2) is 67.5 Å². The first-order chi connectivity index (χ1) is 14.5. The molecule has 0 bridgehead atoms. The summed E-state index contributed by atoms with van der Waals surface area (Å²) >= 11 is 0. The first-order valence-corrected chi connectivity index (χ1v) is 12.0. The second-order valence-corrected chi connectivity index (χ2v) is 10.6. The minimum absolute atomic E-state index is 0.0459. The molecular formula is C23H34N2O5S. The summed E-state index contributed by atoms with van der Waals surface area (Å²) in [5, 5.41) is 9.68. The Morgan fingerprint density at radius 3 is 2.61 bits per heavy atom. The van der Waals surface area contributed by atoms with Gasteiger partial charge in [0, 0.05) is 44.5 Å². The zero-order valence-corrected chi connectivity index (χ0v) is 20.1. The molecule has 0 spiro atoms. The molecule has 0 fully saturated rings. The van der Waals surface area contributed by atoms with Gasteiger partial charge in [-0.1, -0.05) is 32.6 Å². The number of hydrogen-bond acceptors (Lipinski definition) is 5. The van der Waals surface area contributed by atoms with Gasteiger partial charge in [0.1, 0.15) is 16.7 Å². The van der Waals surface area contributed by atoms with E-state index in [1.165, 1.54) is 17.3 Å². The number of aliphatic hydroxyl groups is 1. The predicted molar refractivity (Wildman–Crippen MR) is 120 cm³/mol. The van der Waals surface area contributed by atoms with Gasteiger partial charge in [0.15, 0.2) is 0 Å². The van der Waals surface area contributed by atoms with Crippen LogP contribution in [0.1, 0.15) is 46.6 Å². The summed E-state index contributed by atoms with van der Waals surface area (Å²) in [6.45, 7) is 9.42. The second-order valence-electron chi connectivity index (χ2n) is 8.70. The third kappa shape index (κ3) is 6.22. The van der Waals surface area contributed by atoms with Gasteiger partial charge in [-0.2, -0.15) is 4.31 Å². The minimum Gasteiger partial charge on any atom is -0.487 e. The third-order valence-electron chi connectivity index (χ3n) is 5.40. The number of likely N-dealkylation sites (N-methyl/N-ethyl adjacent to an activating group) is 1. The number of rotatable bonds is 5. The van der Waals surface area contributed by atoms with E-state index in [1.54, 1.807) is 31.0 Å². The Kier molecular flexibility index (Phi) is 8.52. The van der Waals surface area contributed by atoms with Gasteiger partial charge < -0.3 is 14.7 Å². The fourth-order valence-electron chi connectivity index (χ4n) is 3.28. The summed E-state index contributed by atoms with van der Waals surface area (Å²) in [6, 6.07) is 4.26. The number of benzene rings is 1. The van der Waals surface area contributed by atoms with Crippen molar-refractivity contribution in [1.82, 2.24) is 9.21 Å². The van der Waals surface area contributed by atoms with E-state index in [0.717, 1.165) is 6.42 Å². The number of carbonyl (C=O) groups excluding carboxylic acids is 1. The third-order valence-corrected chi connectivity index (χ3v) is 7.42.